The molecule has 3 rings (SSSR count). The number of rotatable bonds is 5. The van der Waals surface area contributed by atoms with E-state index in [1.54, 1.807) is 6.08 Å². The highest BCUT2D eigenvalue weighted by atomic mass is 32.2. The summed E-state index contributed by atoms with van der Waals surface area (Å²) in [5, 5.41) is 7.66. The number of sulfonamides is 1. The van der Waals surface area contributed by atoms with Gasteiger partial charge in [0.05, 0.1) is 4.90 Å². The van der Waals surface area contributed by atoms with E-state index in [2.05, 4.69) is 12.2 Å². The third-order valence-electron chi connectivity index (χ3n) is 3.97. The summed E-state index contributed by atoms with van der Waals surface area (Å²) in [5.74, 6) is 2.41. The number of hydrogen-bond donors (Lipinski definition) is 2. The molecule has 2 aromatic rings. The molecule has 2 atom stereocenters. The number of carbonyl (C=O) groups excluding carboxylic acids is 1. The maximum absolute atomic E-state index is 11.9. The lowest BCUT2D eigenvalue weighted by Gasteiger charge is -2.03. The number of primary sulfonamides is 1. The van der Waals surface area contributed by atoms with E-state index in [0.29, 0.717) is 23.3 Å². The first-order chi connectivity index (χ1) is 11.3. The summed E-state index contributed by atoms with van der Waals surface area (Å²) in [6.45, 7) is 2.18. The van der Waals surface area contributed by atoms with Crippen LogP contribution in [0.3, 0.4) is 0 Å². The van der Waals surface area contributed by atoms with E-state index in [4.69, 9.17) is 9.56 Å². The minimum Gasteiger partial charge on any atom is -0.461 e. The number of nitrogens with two attached hydrogens (primary N) is 1. The molecule has 1 aromatic carbocycles. The summed E-state index contributed by atoms with van der Waals surface area (Å²) in [6, 6.07) is 9.41. The fraction of sp³-hybridized carbons (Fsp3) is 0.235. The van der Waals surface area contributed by atoms with Crippen molar-refractivity contribution in [2.45, 2.75) is 24.2 Å². The van der Waals surface area contributed by atoms with Crippen LogP contribution in [0.1, 0.15) is 30.8 Å². The van der Waals surface area contributed by atoms with Crippen LogP contribution in [-0.2, 0) is 14.8 Å². The van der Waals surface area contributed by atoms with Crippen molar-refractivity contribution >= 4 is 27.7 Å². The molecular formula is C17H18N2O4S. The predicted molar refractivity (Wildman–Crippen MR) is 90.7 cm³/mol. The van der Waals surface area contributed by atoms with Gasteiger partial charge in [0.25, 0.3) is 0 Å². The van der Waals surface area contributed by atoms with Gasteiger partial charge in [-0.1, -0.05) is 6.92 Å². The smallest absolute Gasteiger partial charge is 0.248 e. The van der Waals surface area contributed by atoms with Gasteiger partial charge in [-0.3, -0.25) is 4.79 Å². The van der Waals surface area contributed by atoms with E-state index in [9.17, 15) is 13.2 Å². The molecule has 7 heteroatoms. The predicted octanol–water partition coefficient (Wildman–Crippen LogP) is 2.70. The zero-order valence-corrected chi connectivity index (χ0v) is 13.9. The lowest BCUT2D eigenvalue weighted by atomic mass is 10.3. The molecule has 1 aliphatic carbocycles. The Morgan fingerprint density at radius 2 is 1.92 bits per heavy atom. The Bertz CT molecular complexity index is 882. The highest BCUT2D eigenvalue weighted by Crippen LogP contribution is 2.47. The van der Waals surface area contributed by atoms with Crippen LogP contribution in [0.5, 0.6) is 0 Å². The average molecular weight is 346 g/mol. The largest absolute Gasteiger partial charge is 0.461 e. The average Bonchev–Trinajstić information content (AvgIpc) is 3.07. The summed E-state index contributed by atoms with van der Waals surface area (Å²) < 4.78 is 28.0. The Morgan fingerprint density at radius 3 is 2.50 bits per heavy atom. The molecule has 1 aliphatic rings. The van der Waals surface area contributed by atoms with E-state index < -0.39 is 10.0 Å². The standard InChI is InChI=1S/C17H18N2O4S/c1-11-10-15(11)16-8-4-13(23-16)5-9-17(20)19-12-2-6-14(7-3-12)24(18,21)22/h2-9,11,15H,10H2,1H3,(H,19,20)(H2,18,21,22)/b9-5-/t11-,15+/m1/s1. The van der Waals surface area contributed by atoms with Crippen LogP contribution in [0.2, 0.25) is 0 Å². The summed E-state index contributed by atoms with van der Waals surface area (Å²) in [4.78, 5) is 11.9. The zero-order chi connectivity index (χ0) is 17.3. The zero-order valence-electron chi connectivity index (χ0n) is 13.1. The number of nitrogens with one attached hydrogen (secondary N) is 1. The highest BCUT2D eigenvalue weighted by Gasteiger charge is 2.36. The molecule has 24 heavy (non-hydrogen) atoms. The van der Waals surface area contributed by atoms with E-state index in [1.807, 2.05) is 12.1 Å². The summed E-state index contributed by atoms with van der Waals surface area (Å²) in [5.41, 5.74) is 0.476. The molecule has 6 nitrogen and oxygen atoms in total. The Labute approximate surface area is 140 Å². The minimum atomic E-state index is -3.74. The molecule has 0 unspecified atom stereocenters. The molecule has 0 saturated heterocycles. The summed E-state index contributed by atoms with van der Waals surface area (Å²) >= 11 is 0. The lowest BCUT2D eigenvalue weighted by Crippen LogP contribution is -2.12. The number of carbonyl (C=O) groups is 1. The topological polar surface area (TPSA) is 102 Å². The fourth-order valence-corrected chi connectivity index (χ4v) is 2.96. The van der Waals surface area contributed by atoms with Gasteiger partial charge in [-0.25, -0.2) is 13.6 Å². The van der Waals surface area contributed by atoms with Crippen LogP contribution in [0, 0.1) is 5.92 Å². The van der Waals surface area contributed by atoms with Gasteiger partial charge >= 0.3 is 0 Å². The maximum atomic E-state index is 11.9. The van der Waals surface area contributed by atoms with Crippen molar-refractivity contribution in [1.82, 2.24) is 0 Å². The Kier molecular flexibility index (Phi) is 4.29. The van der Waals surface area contributed by atoms with Crippen LogP contribution >= 0.6 is 0 Å². The van der Waals surface area contributed by atoms with Gasteiger partial charge in [-0.2, -0.15) is 0 Å². The van der Waals surface area contributed by atoms with Crippen LogP contribution in [0.4, 0.5) is 5.69 Å². The maximum Gasteiger partial charge on any atom is 0.248 e. The van der Waals surface area contributed by atoms with Gasteiger partial charge in [0.2, 0.25) is 15.9 Å². The lowest BCUT2D eigenvalue weighted by molar-refractivity contribution is -0.111. The molecule has 1 heterocycles. The van der Waals surface area contributed by atoms with Gasteiger partial charge < -0.3 is 9.73 Å². The van der Waals surface area contributed by atoms with Crippen molar-refractivity contribution in [3.05, 3.63) is 54.0 Å². The first-order valence-corrected chi connectivity index (χ1v) is 9.09. The fourth-order valence-electron chi connectivity index (χ4n) is 2.45. The number of benzene rings is 1. The van der Waals surface area contributed by atoms with Gasteiger partial charge in [-0.15, -0.1) is 0 Å². The second-order valence-corrected chi connectivity index (χ2v) is 7.51. The third-order valence-corrected chi connectivity index (χ3v) is 4.90. The number of hydrogen-bond acceptors (Lipinski definition) is 4. The minimum absolute atomic E-state index is 0.00606. The van der Waals surface area contributed by atoms with Gasteiger partial charge in [0, 0.05) is 17.7 Å². The molecule has 1 fully saturated rings. The molecular weight excluding hydrogens is 328 g/mol. The number of furan rings is 1. The van der Waals surface area contributed by atoms with Crippen molar-refractivity contribution in [2.24, 2.45) is 11.1 Å². The second kappa shape index (κ2) is 6.26. The summed E-state index contributed by atoms with van der Waals surface area (Å²) in [6.07, 6.45) is 4.11. The van der Waals surface area contributed by atoms with Crippen LogP contribution in [0.25, 0.3) is 6.08 Å². The quantitative estimate of drug-likeness (QED) is 0.813. The van der Waals surface area contributed by atoms with E-state index in [-0.39, 0.29) is 10.8 Å². The van der Waals surface area contributed by atoms with Crippen molar-refractivity contribution in [1.29, 1.82) is 0 Å². The molecule has 1 saturated carbocycles. The van der Waals surface area contributed by atoms with Crippen LogP contribution in [0.15, 0.2) is 51.8 Å². The van der Waals surface area contributed by atoms with E-state index >= 15 is 0 Å². The van der Waals surface area contributed by atoms with Crippen molar-refractivity contribution in [2.75, 3.05) is 5.32 Å². The molecule has 0 bridgehead atoms. The molecule has 1 aromatic heterocycles. The van der Waals surface area contributed by atoms with Crippen molar-refractivity contribution in [3.8, 4) is 0 Å². The molecule has 126 valence electrons. The third kappa shape index (κ3) is 3.93. The molecule has 0 spiro atoms. The first kappa shape index (κ1) is 16.5. The van der Waals surface area contributed by atoms with Gasteiger partial charge in [0.15, 0.2) is 0 Å². The summed E-state index contributed by atoms with van der Waals surface area (Å²) in [7, 11) is -3.74. The Morgan fingerprint density at radius 1 is 1.25 bits per heavy atom. The molecule has 0 aliphatic heterocycles. The number of anilines is 1. The SMILES string of the molecule is C[C@@H]1C[C@@H]1c1ccc(/C=C\C(=O)Nc2ccc(S(N)(=O)=O)cc2)o1. The van der Waals surface area contributed by atoms with Gasteiger partial charge in [-0.05, 0) is 54.8 Å². The molecule has 3 N–H and O–H groups in total. The van der Waals surface area contributed by atoms with Crippen molar-refractivity contribution < 1.29 is 17.6 Å². The normalized spacial score (nSPS) is 20.2. The highest BCUT2D eigenvalue weighted by molar-refractivity contribution is 7.89. The monoisotopic (exact) mass is 346 g/mol. The van der Waals surface area contributed by atoms with E-state index in [0.717, 1.165) is 12.2 Å². The Hall–Kier alpha value is -2.38. The molecule has 1 amide bonds. The molecule has 0 radical (unpaired) electrons. The second-order valence-electron chi connectivity index (χ2n) is 5.95. The van der Waals surface area contributed by atoms with E-state index in [1.165, 1.54) is 30.3 Å². The number of amides is 1. The van der Waals surface area contributed by atoms with Crippen molar-refractivity contribution in [3.63, 3.8) is 0 Å². The first-order valence-electron chi connectivity index (χ1n) is 7.54. The van der Waals surface area contributed by atoms with Gasteiger partial charge in [0.1, 0.15) is 11.5 Å². The Balaban J connectivity index is 1.60. The van der Waals surface area contributed by atoms with Crippen LogP contribution in [-0.4, -0.2) is 14.3 Å². The van der Waals surface area contributed by atoms with Crippen LogP contribution < -0.4 is 10.5 Å².